The predicted molar refractivity (Wildman–Crippen MR) is 181 cm³/mol. The van der Waals surface area contributed by atoms with E-state index in [-0.39, 0.29) is 53.6 Å². The van der Waals surface area contributed by atoms with Gasteiger partial charge in [0.05, 0.1) is 23.1 Å². The Labute approximate surface area is 304 Å². The van der Waals surface area contributed by atoms with Crippen LogP contribution in [0, 0.1) is 11.7 Å². The van der Waals surface area contributed by atoms with Gasteiger partial charge in [-0.3, -0.25) is 14.4 Å². The number of fused-ring (bicyclic) bond motifs is 1. The largest absolute Gasteiger partial charge is 0.471 e. The van der Waals surface area contributed by atoms with Crippen LogP contribution in [-0.4, -0.2) is 97.6 Å². The van der Waals surface area contributed by atoms with E-state index >= 15 is 4.39 Å². The first kappa shape index (κ1) is 36.0. The van der Waals surface area contributed by atoms with Crippen LogP contribution in [0.15, 0.2) is 52.1 Å². The van der Waals surface area contributed by atoms with Crippen LogP contribution in [0.3, 0.4) is 0 Å². The number of nitrogens with zero attached hydrogens (tertiary/aromatic N) is 6. The molecule has 3 amide bonds. The molecule has 7 rings (SSSR count). The van der Waals surface area contributed by atoms with Crippen molar-refractivity contribution in [1.29, 1.82) is 0 Å². The zero-order valence-corrected chi connectivity index (χ0v) is 30.0. The van der Waals surface area contributed by atoms with Gasteiger partial charge in [-0.25, -0.2) is 18.8 Å². The first-order valence-corrected chi connectivity index (χ1v) is 18.0. The van der Waals surface area contributed by atoms with Crippen LogP contribution in [0.25, 0.3) is 0 Å². The average molecular weight is 772 g/mol. The van der Waals surface area contributed by atoms with E-state index in [2.05, 4.69) is 4.98 Å². The van der Waals surface area contributed by atoms with Crippen LogP contribution in [0.4, 0.5) is 22.0 Å². The lowest BCUT2D eigenvalue weighted by molar-refractivity contribution is -0.191. The summed E-state index contributed by atoms with van der Waals surface area (Å²) < 4.78 is 70.1. The molecule has 4 aliphatic heterocycles. The van der Waals surface area contributed by atoms with Gasteiger partial charge in [-0.1, -0.05) is 49.2 Å². The molecule has 0 unspecified atom stereocenters. The van der Waals surface area contributed by atoms with Gasteiger partial charge in [0.15, 0.2) is 5.17 Å². The second kappa shape index (κ2) is 12.6. The number of amidine groups is 1. The highest BCUT2D eigenvalue weighted by Gasteiger charge is 2.60. The number of pyridine rings is 1. The summed E-state index contributed by atoms with van der Waals surface area (Å²) >= 11 is 13.2. The lowest BCUT2D eigenvalue weighted by Crippen LogP contribution is -2.62. The quantitative estimate of drug-likeness (QED) is 0.256. The number of aromatic nitrogens is 1. The molecule has 1 aliphatic carbocycles. The van der Waals surface area contributed by atoms with Crippen LogP contribution in [-0.2, 0) is 19.9 Å². The maximum absolute atomic E-state index is 15.2. The van der Waals surface area contributed by atoms with Gasteiger partial charge in [0, 0.05) is 43.5 Å². The molecule has 5 aliphatic rings. The highest BCUT2D eigenvalue weighted by Crippen LogP contribution is 2.56. The molecule has 9 nitrogen and oxygen atoms in total. The molecule has 0 bridgehead atoms. The number of rotatable bonds is 5. The number of amides is 3. The first-order valence-electron chi connectivity index (χ1n) is 16.5. The molecule has 1 saturated carbocycles. The first-order chi connectivity index (χ1) is 23.9. The summed E-state index contributed by atoms with van der Waals surface area (Å²) in [7, 11) is 0. The Morgan fingerprint density at radius 3 is 2.41 bits per heavy atom. The molecule has 2 saturated heterocycles. The second-order valence-corrected chi connectivity index (χ2v) is 15.8. The zero-order valence-electron chi connectivity index (χ0n) is 27.7. The van der Waals surface area contributed by atoms with E-state index in [1.807, 2.05) is 25.7 Å². The van der Waals surface area contributed by atoms with Crippen LogP contribution < -0.4 is 0 Å². The summed E-state index contributed by atoms with van der Waals surface area (Å²) in [6, 6.07) is 6.01. The fourth-order valence-electron chi connectivity index (χ4n) is 7.78. The van der Waals surface area contributed by atoms with Crippen molar-refractivity contribution in [3.63, 3.8) is 0 Å². The fourth-order valence-corrected chi connectivity index (χ4v) is 9.37. The number of allylic oxidation sites excluding steroid dienone is 1. The number of halogens is 7. The highest BCUT2D eigenvalue weighted by atomic mass is 35.5. The standard InChI is InChI=1S/C34H33Cl2F5N6O3S/c1-17(2)25-26(51-31-43-32(3,19-5-7-24(36)42-14-19)27(47(25)31)18-4-6-21(35)22(38)12-18)29(49)45-15-20(37)13-23(45)28(48)44-10-11-46(30(50)34(39,40)41)33(16-44)8-9-33/h4-7,12,14,17,20,23,27H,8-11,13,15-16H2,1-3H3/t20-,23+,27-,32+/m1/s1. The third-order valence-corrected chi connectivity index (χ3v) is 12.0. The molecular formula is C34H33Cl2F5N6O3S. The second-order valence-electron chi connectivity index (χ2n) is 14.1. The molecule has 1 aromatic carbocycles. The minimum atomic E-state index is -5.04. The van der Waals surface area contributed by atoms with Crippen molar-refractivity contribution in [2.45, 2.75) is 75.5 Å². The molecule has 1 spiro atoms. The van der Waals surface area contributed by atoms with Gasteiger partial charge >= 0.3 is 12.1 Å². The van der Waals surface area contributed by atoms with Crippen molar-refractivity contribution in [2.75, 3.05) is 26.2 Å². The minimum Gasteiger partial charge on any atom is -0.337 e. The normalized spacial score (nSPS) is 27.1. The average Bonchev–Trinajstić information content (AvgIpc) is 3.41. The number of carbonyl (C=O) groups excluding carboxylic acids is 3. The topological polar surface area (TPSA) is 89.4 Å². The SMILES string of the molecule is CC(C)C1=C(C(=O)N2C[C@H](F)C[C@H]2C(=O)N2CCN(C(=O)C(F)(F)F)C3(CC3)C2)SC2=N[C@@](C)(c3ccc(Cl)nc3)[C@@H](c3ccc(Cl)c(F)c3)N21. The Hall–Kier alpha value is -3.43. The molecule has 0 radical (unpaired) electrons. The smallest absolute Gasteiger partial charge is 0.337 e. The van der Waals surface area contributed by atoms with Gasteiger partial charge in [0.25, 0.3) is 5.91 Å². The van der Waals surface area contributed by atoms with Crippen LogP contribution >= 0.6 is 35.0 Å². The van der Waals surface area contributed by atoms with E-state index in [4.69, 9.17) is 28.2 Å². The van der Waals surface area contributed by atoms with E-state index in [0.717, 1.165) is 16.7 Å². The van der Waals surface area contributed by atoms with Crippen molar-refractivity contribution in [3.8, 4) is 0 Å². The Morgan fingerprint density at radius 1 is 1.08 bits per heavy atom. The number of carbonyl (C=O) groups is 3. The summed E-state index contributed by atoms with van der Waals surface area (Å²) in [5.74, 6) is -4.02. The number of benzene rings is 1. The molecule has 0 N–H and O–H groups in total. The third-order valence-electron chi connectivity index (χ3n) is 10.4. The Kier molecular flexibility index (Phi) is 8.89. The van der Waals surface area contributed by atoms with Crippen molar-refractivity contribution in [2.24, 2.45) is 10.9 Å². The monoisotopic (exact) mass is 770 g/mol. The summed E-state index contributed by atoms with van der Waals surface area (Å²) in [4.78, 5) is 55.4. The van der Waals surface area contributed by atoms with Gasteiger partial charge in [-0.15, -0.1) is 0 Å². The van der Waals surface area contributed by atoms with Crippen LogP contribution in [0.1, 0.15) is 57.2 Å². The lowest BCUT2D eigenvalue weighted by Gasteiger charge is -2.43. The van der Waals surface area contributed by atoms with Crippen molar-refractivity contribution in [1.82, 2.24) is 24.6 Å². The molecule has 1 aromatic heterocycles. The number of hydrogen-bond acceptors (Lipinski definition) is 7. The summed E-state index contributed by atoms with van der Waals surface area (Å²) in [5, 5.41) is 0.655. The Balaban J connectivity index is 1.21. The highest BCUT2D eigenvalue weighted by molar-refractivity contribution is 8.18. The van der Waals surface area contributed by atoms with Gasteiger partial charge < -0.3 is 19.6 Å². The molecule has 3 fully saturated rings. The van der Waals surface area contributed by atoms with Crippen molar-refractivity contribution >= 4 is 57.9 Å². The fraction of sp³-hybridized carbons (Fsp3) is 0.500. The number of aliphatic imine (C=N–C) groups is 1. The van der Waals surface area contributed by atoms with E-state index in [9.17, 15) is 31.9 Å². The summed E-state index contributed by atoms with van der Waals surface area (Å²) in [6.07, 6.45) is -4.62. The van der Waals surface area contributed by atoms with E-state index in [1.165, 1.54) is 21.9 Å². The van der Waals surface area contributed by atoms with Gasteiger partial charge in [-0.05, 0) is 61.2 Å². The number of hydrogen-bond donors (Lipinski definition) is 0. The summed E-state index contributed by atoms with van der Waals surface area (Å²) in [5.41, 5.74) is -0.389. The number of piperazine rings is 1. The van der Waals surface area contributed by atoms with Crippen molar-refractivity contribution < 1.29 is 36.3 Å². The van der Waals surface area contributed by atoms with Gasteiger partial charge in [-0.2, -0.15) is 13.2 Å². The molecule has 272 valence electrons. The minimum absolute atomic E-state index is 0.0643. The predicted octanol–water partition coefficient (Wildman–Crippen LogP) is 6.47. The molecule has 2 aromatic rings. The third kappa shape index (κ3) is 6.06. The lowest BCUT2D eigenvalue weighted by atomic mass is 9.81. The van der Waals surface area contributed by atoms with E-state index < -0.39 is 59.0 Å². The number of thioether (sulfide) groups is 1. The van der Waals surface area contributed by atoms with Crippen molar-refractivity contribution in [3.05, 3.63) is 74.3 Å². The number of alkyl halides is 4. The molecular weight excluding hydrogens is 738 g/mol. The van der Waals surface area contributed by atoms with E-state index in [1.54, 1.807) is 24.4 Å². The van der Waals surface area contributed by atoms with Crippen LogP contribution in [0.2, 0.25) is 10.2 Å². The summed E-state index contributed by atoms with van der Waals surface area (Å²) in [6.45, 7) is 4.67. The maximum atomic E-state index is 15.2. The molecule has 51 heavy (non-hydrogen) atoms. The van der Waals surface area contributed by atoms with E-state index in [0.29, 0.717) is 34.8 Å². The molecule has 4 atom stereocenters. The van der Waals surface area contributed by atoms with Gasteiger partial charge in [0.2, 0.25) is 5.91 Å². The molecule has 5 heterocycles. The Bertz CT molecular complexity index is 1870. The van der Waals surface area contributed by atoms with Crippen LogP contribution in [0.5, 0.6) is 0 Å². The number of likely N-dealkylation sites (tertiary alicyclic amines) is 1. The Morgan fingerprint density at radius 2 is 1.80 bits per heavy atom. The van der Waals surface area contributed by atoms with Gasteiger partial charge in [0.1, 0.15) is 33.6 Å². The zero-order chi connectivity index (χ0) is 36.8. The maximum Gasteiger partial charge on any atom is 0.471 e. The molecule has 17 heteroatoms.